The maximum absolute atomic E-state index is 12.9. The van der Waals surface area contributed by atoms with Gasteiger partial charge in [-0.1, -0.05) is 367 Å². The molecule has 0 fully saturated rings. The number of hydrogen-bond acceptors (Lipinski definition) is 6. The minimum atomic E-state index is -0.770. The normalized spacial score (nSPS) is 12.0. The molecule has 0 aliphatic rings. The Labute approximate surface area is 494 Å². The SMILES string of the molecule is CCCCCCCCC/C=C\CCCCCCCC(=O)OC(COC(=O)CCCCCCCCCCCCCCC)COC(=O)CCCCCCCCCCCCCCCCCCCCCCCCCCCCCCCCCC. The molecule has 0 rings (SSSR count). The Morgan fingerprint density at radius 3 is 0.633 bits per heavy atom. The molecule has 0 aromatic rings. The molecule has 0 heterocycles. The molecule has 0 aliphatic carbocycles. The summed E-state index contributed by atoms with van der Waals surface area (Å²) in [5, 5.41) is 0. The van der Waals surface area contributed by atoms with Gasteiger partial charge in [-0.05, 0) is 44.9 Å². The monoisotopic (exact) mass is 1110 g/mol. The second-order valence-corrected chi connectivity index (χ2v) is 24.9. The van der Waals surface area contributed by atoms with Crippen molar-refractivity contribution in [3.8, 4) is 0 Å². The molecule has 79 heavy (non-hydrogen) atoms. The van der Waals surface area contributed by atoms with Crippen LogP contribution < -0.4 is 0 Å². The van der Waals surface area contributed by atoms with Crippen LogP contribution in [0.3, 0.4) is 0 Å². The third-order valence-corrected chi connectivity index (χ3v) is 16.8. The molecule has 0 aromatic heterocycles. The van der Waals surface area contributed by atoms with Gasteiger partial charge in [0.15, 0.2) is 6.10 Å². The summed E-state index contributed by atoms with van der Waals surface area (Å²) in [6.07, 6.45) is 82.6. The molecule has 468 valence electrons. The lowest BCUT2D eigenvalue weighted by molar-refractivity contribution is -0.167. The average Bonchev–Trinajstić information content (AvgIpc) is 3.45. The van der Waals surface area contributed by atoms with Crippen LogP contribution >= 0.6 is 0 Å². The Morgan fingerprint density at radius 1 is 0.241 bits per heavy atom. The van der Waals surface area contributed by atoms with E-state index < -0.39 is 6.10 Å². The second-order valence-electron chi connectivity index (χ2n) is 24.9. The molecule has 0 aromatic carbocycles. The molecular formula is C73H140O6. The fourth-order valence-corrected chi connectivity index (χ4v) is 11.3. The van der Waals surface area contributed by atoms with E-state index in [1.807, 2.05) is 0 Å². The first-order chi connectivity index (χ1) is 39.0. The van der Waals surface area contributed by atoms with Crippen LogP contribution in [0.2, 0.25) is 0 Å². The third kappa shape index (κ3) is 66.8. The lowest BCUT2D eigenvalue weighted by Crippen LogP contribution is -2.30. The predicted octanol–water partition coefficient (Wildman–Crippen LogP) is 24.8. The summed E-state index contributed by atoms with van der Waals surface area (Å²) < 4.78 is 17.0. The maximum atomic E-state index is 12.9. The number of allylic oxidation sites excluding steroid dienone is 2. The van der Waals surface area contributed by atoms with Gasteiger partial charge in [0, 0.05) is 19.3 Å². The molecule has 6 nitrogen and oxygen atoms in total. The van der Waals surface area contributed by atoms with E-state index in [4.69, 9.17) is 14.2 Å². The summed E-state index contributed by atoms with van der Waals surface area (Å²) in [5.41, 5.74) is 0. The van der Waals surface area contributed by atoms with Crippen molar-refractivity contribution in [1.82, 2.24) is 0 Å². The summed E-state index contributed by atoms with van der Waals surface area (Å²) in [6, 6.07) is 0. The van der Waals surface area contributed by atoms with Crippen LogP contribution in [0.15, 0.2) is 12.2 Å². The number of rotatable bonds is 68. The lowest BCUT2D eigenvalue weighted by atomic mass is 10.0. The fourth-order valence-electron chi connectivity index (χ4n) is 11.3. The van der Waals surface area contributed by atoms with E-state index in [1.165, 1.54) is 315 Å². The minimum Gasteiger partial charge on any atom is -0.462 e. The molecule has 0 saturated carbocycles. The van der Waals surface area contributed by atoms with E-state index in [-0.39, 0.29) is 31.1 Å². The highest BCUT2D eigenvalue weighted by Gasteiger charge is 2.19. The first kappa shape index (κ1) is 77.2. The van der Waals surface area contributed by atoms with Crippen molar-refractivity contribution in [2.45, 2.75) is 425 Å². The number of esters is 3. The van der Waals surface area contributed by atoms with E-state index in [1.54, 1.807) is 0 Å². The molecule has 0 bridgehead atoms. The minimum absolute atomic E-state index is 0.0668. The van der Waals surface area contributed by atoms with Crippen LogP contribution in [0.4, 0.5) is 0 Å². The number of ether oxygens (including phenoxy) is 3. The fraction of sp³-hybridized carbons (Fsp3) is 0.932. The zero-order valence-electron chi connectivity index (χ0n) is 53.9. The van der Waals surface area contributed by atoms with Crippen LogP contribution in [0, 0.1) is 0 Å². The van der Waals surface area contributed by atoms with Gasteiger partial charge in [0.1, 0.15) is 13.2 Å². The van der Waals surface area contributed by atoms with Crippen LogP contribution in [0.1, 0.15) is 419 Å². The molecule has 0 radical (unpaired) electrons. The van der Waals surface area contributed by atoms with E-state index in [0.29, 0.717) is 19.3 Å². The maximum Gasteiger partial charge on any atom is 0.306 e. The summed E-state index contributed by atoms with van der Waals surface area (Å²) in [7, 11) is 0. The largest absolute Gasteiger partial charge is 0.462 e. The van der Waals surface area contributed by atoms with Crippen LogP contribution in [0.5, 0.6) is 0 Å². The summed E-state index contributed by atoms with van der Waals surface area (Å²) in [6.45, 7) is 6.71. The summed E-state index contributed by atoms with van der Waals surface area (Å²) in [5.74, 6) is -0.842. The van der Waals surface area contributed by atoms with E-state index in [2.05, 4.69) is 32.9 Å². The van der Waals surface area contributed by atoms with E-state index in [0.717, 1.165) is 64.2 Å². The van der Waals surface area contributed by atoms with Gasteiger partial charge in [0.25, 0.3) is 0 Å². The Kier molecular flexibility index (Phi) is 67.0. The Bertz CT molecular complexity index is 1230. The lowest BCUT2D eigenvalue weighted by Gasteiger charge is -2.18. The summed E-state index contributed by atoms with van der Waals surface area (Å²) >= 11 is 0. The standard InChI is InChI=1S/C73H140O6/c1-4-7-10-13-16-19-22-25-27-29-30-31-32-33-34-35-36-37-38-39-40-41-42-43-44-46-48-51-54-57-60-63-66-72(75)78-69-70(68-77-71(74)65-62-59-56-53-50-47-24-21-18-15-12-9-6-3)79-73(76)67-64-61-58-55-52-49-45-28-26-23-20-17-14-11-8-5-2/h28,45,70H,4-27,29-44,46-69H2,1-3H3/b45-28-. The highest BCUT2D eigenvalue weighted by atomic mass is 16.6. The van der Waals surface area contributed by atoms with Crippen molar-refractivity contribution in [2.75, 3.05) is 13.2 Å². The Balaban J connectivity index is 4.08. The molecule has 0 spiro atoms. The van der Waals surface area contributed by atoms with Gasteiger partial charge in [0.05, 0.1) is 0 Å². The van der Waals surface area contributed by atoms with Crippen LogP contribution in [-0.4, -0.2) is 37.2 Å². The zero-order chi connectivity index (χ0) is 57.1. The van der Waals surface area contributed by atoms with Crippen LogP contribution in [0.25, 0.3) is 0 Å². The van der Waals surface area contributed by atoms with Gasteiger partial charge < -0.3 is 14.2 Å². The molecular weight excluding hydrogens is 973 g/mol. The number of hydrogen-bond donors (Lipinski definition) is 0. The molecule has 0 N–H and O–H groups in total. The topological polar surface area (TPSA) is 78.9 Å². The molecule has 1 atom stereocenters. The zero-order valence-corrected chi connectivity index (χ0v) is 53.9. The van der Waals surface area contributed by atoms with Crippen molar-refractivity contribution < 1.29 is 28.6 Å². The van der Waals surface area contributed by atoms with Gasteiger partial charge in [-0.25, -0.2) is 0 Å². The Hall–Kier alpha value is -1.85. The van der Waals surface area contributed by atoms with E-state index in [9.17, 15) is 14.4 Å². The average molecular weight is 1110 g/mol. The van der Waals surface area contributed by atoms with Gasteiger partial charge in [-0.15, -0.1) is 0 Å². The molecule has 0 saturated heterocycles. The van der Waals surface area contributed by atoms with Crippen molar-refractivity contribution >= 4 is 17.9 Å². The van der Waals surface area contributed by atoms with Gasteiger partial charge >= 0.3 is 17.9 Å². The molecule has 0 amide bonds. The second kappa shape index (κ2) is 68.6. The van der Waals surface area contributed by atoms with E-state index >= 15 is 0 Å². The summed E-state index contributed by atoms with van der Waals surface area (Å²) in [4.78, 5) is 38.3. The van der Waals surface area contributed by atoms with Crippen molar-refractivity contribution in [3.63, 3.8) is 0 Å². The Morgan fingerprint density at radius 2 is 0.418 bits per heavy atom. The molecule has 1 unspecified atom stereocenters. The van der Waals surface area contributed by atoms with Crippen LogP contribution in [-0.2, 0) is 28.6 Å². The first-order valence-corrected chi connectivity index (χ1v) is 36.2. The molecule has 6 heteroatoms. The van der Waals surface area contributed by atoms with Gasteiger partial charge in [0.2, 0.25) is 0 Å². The quantitative estimate of drug-likeness (QED) is 0.0261. The number of carbonyl (C=O) groups is 3. The number of unbranched alkanes of at least 4 members (excludes halogenated alkanes) is 55. The first-order valence-electron chi connectivity index (χ1n) is 36.2. The highest BCUT2D eigenvalue weighted by molar-refractivity contribution is 5.71. The predicted molar refractivity (Wildman–Crippen MR) is 344 cm³/mol. The van der Waals surface area contributed by atoms with Crippen molar-refractivity contribution in [2.24, 2.45) is 0 Å². The molecule has 0 aliphatic heterocycles. The van der Waals surface area contributed by atoms with Gasteiger partial charge in [-0.3, -0.25) is 14.4 Å². The smallest absolute Gasteiger partial charge is 0.306 e. The number of carbonyl (C=O) groups excluding carboxylic acids is 3. The third-order valence-electron chi connectivity index (χ3n) is 16.8. The highest BCUT2D eigenvalue weighted by Crippen LogP contribution is 2.19. The van der Waals surface area contributed by atoms with Crippen molar-refractivity contribution in [3.05, 3.63) is 12.2 Å². The van der Waals surface area contributed by atoms with Crippen molar-refractivity contribution in [1.29, 1.82) is 0 Å². The van der Waals surface area contributed by atoms with Gasteiger partial charge in [-0.2, -0.15) is 0 Å².